The van der Waals surface area contributed by atoms with Crippen LogP contribution in [0.2, 0.25) is 0 Å². The monoisotopic (exact) mass is 633 g/mol. The zero-order valence-corrected chi connectivity index (χ0v) is 26.3. The molecule has 1 aromatic carbocycles. The molecular weight excluding hydrogens is 593 g/mol. The summed E-state index contributed by atoms with van der Waals surface area (Å²) >= 11 is 0. The van der Waals surface area contributed by atoms with E-state index in [1.165, 1.54) is 17.8 Å². The van der Waals surface area contributed by atoms with Gasteiger partial charge in [-0.2, -0.15) is 10.2 Å². The molecule has 1 unspecified atom stereocenters. The standard InChI is InChI=1S/C29H40N5O9P/c1-17(27(37)41-20-12-13-39-14-20)33-44(38,43-19-8-6-18(7-9-19)28(2,3)4)40-15-22-24(35)25(36)29(5,42-22)23-11-10-21-26(30)31-16-32-34(21)23/h6-11,16-17,20,22,24-25,35-36H,12-15H2,1-5H3,(H,33,38)(H2,30,31,32)/t17-,20-,22+,24+,25+,29-,44?/m0/s1. The molecule has 0 spiro atoms. The molecule has 2 saturated heterocycles. The number of benzene rings is 1. The second-order valence-corrected chi connectivity index (χ2v) is 14.0. The number of ether oxygens (including phenoxy) is 3. The molecule has 15 heteroatoms. The molecule has 5 rings (SSSR count). The van der Waals surface area contributed by atoms with E-state index in [1.807, 2.05) is 12.1 Å². The molecule has 2 aliphatic heterocycles. The fraction of sp³-hybridized carbons (Fsp3) is 0.552. The third kappa shape index (κ3) is 6.62. The molecule has 0 saturated carbocycles. The van der Waals surface area contributed by atoms with E-state index in [4.69, 9.17) is 29.0 Å². The number of carbonyl (C=O) groups is 1. The highest BCUT2D eigenvalue weighted by Crippen LogP contribution is 2.47. The first-order chi connectivity index (χ1) is 20.7. The number of esters is 1. The van der Waals surface area contributed by atoms with Gasteiger partial charge in [0, 0.05) is 6.42 Å². The summed E-state index contributed by atoms with van der Waals surface area (Å²) in [5.74, 6) is -0.193. The summed E-state index contributed by atoms with van der Waals surface area (Å²) in [5.41, 5.74) is 6.34. The topological polar surface area (TPSA) is 189 Å². The number of hydrogen-bond donors (Lipinski definition) is 4. The van der Waals surface area contributed by atoms with Gasteiger partial charge in [-0.25, -0.2) is 14.1 Å². The van der Waals surface area contributed by atoms with Crippen LogP contribution in [0.25, 0.3) is 5.52 Å². The van der Waals surface area contributed by atoms with E-state index in [0.29, 0.717) is 24.2 Å². The van der Waals surface area contributed by atoms with Crippen LogP contribution in [0.15, 0.2) is 42.7 Å². The Morgan fingerprint density at radius 3 is 2.64 bits per heavy atom. The molecule has 0 radical (unpaired) electrons. The lowest BCUT2D eigenvalue weighted by Gasteiger charge is -2.28. The van der Waals surface area contributed by atoms with E-state index in [9.17, 15) is 19.6 Å². The summed E-state index contributed by atoms with van der Waals surface area (Å²) in [4.78, 5) is 16.8. The summed E-state index contributed by atoms with van der Waals surface area (Å²) in [7, 11) is -4.30. The second-order valence-electron chi connectivity index (χ2n) is 12.3. The number of rotatable bonds is 10. The van der Waals surface area contributed by atoms with Gasteiger partial charge in [-0.1, -0.05) is 32.9 Å². The number of carbonyl (C=O) groups excluding carboxylic acids is 1. The summed E-state index contributed by atoms with van der Waals surface area (Å²) in [6, 6.07) is 9.27. The molecule has 2 aliphatic rings. The summed E-state index contributed by atoms with van der Waals surface area (Å²) < 4.78 is 44.1. The lowest BCUT2D eigenvalue weighted by Crippen LogP contribution is -2.40. The molecule has 2 fully saturated rings. The fourth-order valence-corrected chi connectivity index (χ4v) is 6.74. The lowest BCUT2D eigenvalue weighted by atomic mass is 9.87. The molecule has 0 amide bonds. The average molecular weight is 634 g/mol. The number of aliphatic hydroxyl groups is 2. The quantitative estimate of drug-likeness (QED) is 0.188. The predicted molar refractivity (Wildman–Crippen MR) is 159 cm³/mol. The summed E-state index contributed by atoms with van der Waals surface area (Å²) in [6.07, 6.45) is -2.55. The van der Waals surface area contributed by atoms with Crippen LogP contribution in [0.5, 0.6) is 5.75 Å². The van der Waals surface area contributed by atoms with E-state index in [0.717, 1.165) is 5.56 Å². The number of anilines is 1. The van der Waals surface area contributed by atoms with Crippen molar-refractivity contribution in [3.8, 4) is 5.75 Å². The minimum Gasteiger partial charge on any atom is -0.459 e. The van der Waals surface area contributed by atoms with Crippen molar-refractivity contribution in [3.05, 3.63) is 54.0 Å². The van der Waals surface area contributed by atoms with Crippen LogP contribution in [-0.4, -0.2) is 81.1 Å². The van der Waals surface area contributed by atoms with Gasteiger partial charge in [0.2, 0.25) is 0 Å². The Kier molecular flexibility index (Phi) is 9.07. The number of hydrogen-bond acceptors (Lipinski definition) is 12. The smallest absolute Gasteiger partial charge is 0.459 e. The predicted octanol–water partition coefficient (Wildman–Crippen LogP) is 2.46. The van der Waals surface area contributed by atoms with Crippen molar-refractivity contribution in [2.24, 2.45) is 0 Å². The number of fused-ring (bicyclic) bond motifs is 1. The maximum atomic E-state index is 14.1. The van der Waals surface area contributed by atoms with Gasteiger partial charge >= 0.3 is 13.7 Å². The number of aromatic nitrogens is 3. The van der Waals surface area contributed by atoms with Crippen LogP contribution in [0, 0.1) is 0 Å². The van der Waals surface area contributed by atoms with Gasteiger partial charge in [0.05, 0.1) is 25.5 Å². The van der Waals surface area contributed by atoms with Crippen LogP contribution in [0.1, 0.15) is 52.3 Å². The van der Waals surface area contributed by atoms with Gasteiger partial charge in [-0.15, -0.1) is 0 Å². The summed E-state index contributed by atoms with van der Waals surface area (Å²) in [5, 5.41) is 28.9. The Hall–Kier alpha value is -3.10. The van der Waals surface area contributed by atoms with E-state index in [1.54, 1.807) is 31.2 Å². The zero-order valence-electron chi connectivity index (χ0n) is 25.4. The molecule has 240 valence electrons. The Morgan fingerprint density at radius 2 is 1.98 bits per heavy atom. The van der Waals surface area contributed by atoms with Crippen molar-refractivity contribution in [1.29, 1.82) is 0 Å². The number of aliphatic hydroxyl groups excluding tert-OH is 2. The van der Waals surface area contributed by atoms with Crippen molar-refractivity contribution in [3.63, 3.8) is 0 Å². The van der Waals surface area contributed by atoms with Gasteiger partial charge in [0.15, 0.2) is 5.82 Å². The van der Waals surface area contributed by atoms with Gasteiger partial charge in [-0.3, -0.25) is 9.32 Å². The van der Waals surface area contributed by atoms with Crippen molar-refractivity contribution in [2.45, 2.75) is 82.5 Å². The highest BCUT2D eigenvalue weighted by Gasteiger charge is 2.54. The lowest BCUT2D eigenvalue weighted by molar-refractivity contribution is -0.150. The summed E-state index contributed by atoms with van der Waals surface area (Å²) in [6.45, 7) is 9.58. The molecule has 2 aromatic heterocycles. The van der Waals surface area contributed by atoms with Gasteiger partial charge < -0.3 is 34.7 Å². The Balaban J connectivity index is 1.34. The molecule has 14 nitrogen and oxygen atoms in total. The van der Waals surface area contributed by atoms with Crippen LogP contribution in [-0.2, 0) is 39.1 Å². The number of nitrogens with two attached hydrogens (primary N) is 1. The van der Waals surface area contributed by atoms with Crippen LogP contribution in [0.3, 0.4) is 0 Å². The van der Waals surface area contributed by atoms with Crippen molar-refractivity contribution in [1.82, 2.24) is 19.7 Å². The number of nitrogen functional groups attached to an aromatic ring is 1. The molecule has 44 heavy (non-hydrogen) atoms. The van der Waals surface area contributed by atoms with Crippen molar-refractivity contribution in [2.75, 3.05) is 25.6 Å². The third-order valence-electron chi connectivity index (χ3n) is 7.89. The first kappa shape index (κ1) is 32.3. The minimum absolute atomic E-state index is 0.119. The highest BCUT2D eigenvalue weighted by molar-refractivity contribution is 7.52. The highest BCUT2D eigenvalue weighted by atomic mass is 31.2. The largest absolute Gasteiger partial charge is 0.459 e. The van der Waals surface area contributed by atoms with E-state index in [-0.39, 0.29) is 23.6 Å². The maximum absolute atomic E-state index is 14.1. The van der Waals surface area contributed by atoms with Crippen LogP contribution < -0.4 is 15.3 Å². The third-order valence-corrected chi connectivity index (χ3v) is 9.53. The van der Waals surface area contributed by atoms with Gasteiger partial charge in [0.25, 0.3) is 0 Å². The van der Waals surface area contributed by atoms with E-state index < -0.39 is 56.4 Å². The van der Waals surface area contributed by atoms with Crippen LogP contribution >= 0.6 is 7.75 Å². The Bertz CT molecular complexity index is 1520. The second kappa shape index (κ2) is 12.4. The maximum Gasteiger partial charge on any atom is 0.459 e. The zero-order chi connectivity index (χ0) is 31.9. The first-order valence-corrected chi connectivity index (χ1v) is 16.0. The Labute approximate surface area is 255 Å². The molecule has 0 bridgehead atoms. The van der Waals surface area contributed by atoms with E-state index in [2.05, 4.69) is 35.9 Å². The molecule has 4 heterocycles. The normalized spacial score (nSPS) is 27.7. The first-order valence-electron chi connectivity index (χ1n) is 14.4. The minimum atomic E-state index is -4.30. The molecule has 3 aromatic rings. The molecule has 7 atom stereocenters. The molecule has 5 N–H and O–H groups in total. The fourth-order valence-electron chi connectivity index (χ4n) is 5.23. The molecular formula is C29H40N5O9P. The number of nitrogens with one attached hydrogen (secondary N) is 1. The molecule has 0 aliphatic carbocycles. The van der Waals surface area contributed by atoms with Crippen LogP contribution in [0.4, 0.5) is 5.82 Å². The number of nitrogens with zero attached hydrogens (tertiary/aromatic N) is 3. The van der Waals surface area contributed by atoms with Crippen molar-refractivity contribution >= 4 is 25.1 Å². The van der Waals surface area contributed by atoms with E-state index >= 15 is 0 Å². The SMILES string of the molecule is C[C@H](NP(=O)(OC[C@H]1O[C@@](C)(c2ccc3c(N)ncnn23)[C@H](O)[C@@H]1O)Oc1ccc(C(C)(C)C)cc1)C(=O)O[C@H]1CCOC1. The van der Waals surface area contributed by atoms with Gasteiger partial charge in [-0.05, 0) is 49.1 Å². The van der Waals surface area contributed by atoms with Gasteiger partial charge in [0.1, 0.15) is 53.7 Å². The Morgan fingerprint density at radius 1 is 1.25 bits per heavy atom. The average Bonchev–Trinajstić information content (AvgIpc) is 3.69. The van der Waals surface area contributed by atoms with Crippen molar-refractivity contribution < 1.29 is 42.8 Å².